The molecule has 26 heavy (non-hydrogen) atoms. The van der Waals surface area contributed by atoms with Crippen molar-refractivity contribution in [1.29, 1.82) is 0 Å². The van der Waals surface area contributed by atoms with E-state index in [1.54, 1.807) is 6.33 Å². The molecule has 2 atom stereocenters. The van der Waals surface area contributed by atoms with E-state index in [0.717, 1.165) is 50.3 Å². The van der Waals surface area contributed by atoms with Gasteiger partial charge >= 0.3 is 6.03 Å². The first kappa shape index (κ1) is 15.8. The highest BCUT2D eigenvalue weighted by Gasteiger charge is 2.33. The maximum Gasteiger partial charge on any atom is 0.318 e. The second-order valence-electron chi connectivity index (χ2n) is 7.61. The third kappa shape index (κ3) is 2.95. The Balaban J connectivity index is 1.24. The van der Waals surface area contributed by atoms with Gasteiger partial charge in [-0.15, -0.1) is 5.10 Å². The molecule has 1 N–H and O–H groups in total. The highest BCUT2D eigenvalue weighted by atomic mass is 16.2. The Morgan fingerprint density at radius 3 is 2.96 bits per heavy atom. The van der Waals surface area contributed by atoms with Gasteiger partial charge in [-0.1, -0.05) is 5.21 Å². The zero-order valence-electron chi connectivity index (χ0n) is 14.8. The lowest BCUT2D eigenvalue weighted by molar-refractivity contribution is 0.178. The number of hydrogen-bond acceptors (Lipinski definition) is 5. The van der Waals surface area contributed by atoms with Crippen molar-refractivity contribution >= 4 is 6.03 Å². The molecule has 1 saturated carbocycles. The van der Waals surface area contributed by atoms with E-state index in [9.17, 15) is 4.79 Å². The molecule has 0 bridgehead atoms. The van der Waals surface area contributed by atoms with E-state index in [2.05, 4.69) is 31.9 Å². The normalized spacial score (nSPS) is 25.3. The van der Waals surface area contributed by atoms with Gasteiger partial charge in [0.25, 0.3) is 0 Å². The second-order valence-corrected chi connectivity index (χ2v) is 7.61. The van der Waals surface area contributed by atoms with Crippen LogP contribution >= 0.6 is 0 Å². The van der Waals surface area contributed by atoms with E-state index >= 15 is 0 Å². The lowest BCUT2D eigenvalue weighted by Gasteiger charge is -2.29. The van der Waals surface area contributed by atoms with Gasteiger partial charge in [-0.2, -0.15) is 5.10 Å². The molecule has 138 valence electrons. The summed E-state index contributed by atoms with van der Waals surface area (Å²) in [6.07, 6.45) is 10.0. The summed E-state index contributed by atoms with van der Waals surface area (Å²) in [5.41, 5.74) is 1.10. The van der Waals surface area contributed by atoms with Gasteiger partial charge in [0, 0.05) is 25.2 Å². The second kappa shape index (κ2) is 6.37. The quantitative estimate of drug-likeness (QED) is 0.895. The van der Waals surface area contributed by atoms with Gasteiger partial charge in [0.15, 0.2) is 0 Å². The summed E-state index contributed by atoms with van der Waals surface area (Å²) in [5, 5.41) is 15.9. The molecule has 1 unspecified atom stereocenters. The molecule has 2 aliphatic heterocycles. The Morgan fingerprint density at radius 2 is 2.08 bits per heavy atom. The van der Waals surface area contributed by atoms with Gasteiger partial charge < -0.3 is 10.2 Å². The molecule has 9 heteroatoms. The third-order valence-electron chi connectivity index (χ3n) is 5.71. The zero-order chi connectivity index (χ0) is 17.5. The number of nitrogens with zero attached hydrogens (tertiary/aromatic N) is 7. The number of urea groups is 1. The number of fused-ring (bicyclic) bond motifs is 1. The van der Waals surface area contributed by atoms with Crippen LogP contribution in [-0.2, 0) is 13.1 Å². The molecule has 2 fully saturated rings. The molecular weight excluding hydrogens is 332 g/mol. The van der Waals surface area contributed by atoms with Crippen molar-refractivity contribution in [3.05, 3.63) is 24.0 Å². The van der Waals surface area contributed by atoms with Crippen LogP contribution in [0.1, 0.15) is 62.0 Å². The number of likely N-dealkylation sites (tertiary alicyclic amines) is 1. The van der Waals surface area contributed by atoms with Crippen LogP contribution in [0.15, 0.2) is 12.5 Å². The zero-order valence-corrected chi connectivity index (χ0v) is 14.8. The van der Waals surface area contributed by atoms with E-state index < -0.39 is 0 Å². The van der Waals surface area contributed by atoms with E-state index in [1.807, 2.05) is 14.3 Å². The maximum absolute atomic E-state index is 12.9. The predicted octanol–water partition coefficient (Wildman–Crippen LogP) is 1.46. The predicted molar refractivity (Wildman–Crippen MR) is 92.3 cm³/mol. The van der Waals surface area contributed by atoms with Gasteiger partial charge in [0.05, 0.1) is 24.3 Å². The number of carbonyl (C=O) groups excluding carboxylic acids is 1. The fourth-order valence-corrected chi connectivity index (χ4v) is 4.14. The van der Waals surface area contributed by atoms with Crippen LogP contribution in [0.2, 0.25) is 0 Å². The van der Waals surface area contributed by atoms with Crippen LogP contribution in [0.25, 0.3) is 0 Å². The number of carbonyl (C=O) groups is 1. The fraction of sp³-hybridized carbons (Fsp3) is 0.706. The average Bonchev–Trinajstić information content (AvgIpc) is 3.04. The van der Waals surface area contributed by atoms with Crippen molar-refractivity contribution in [1.82, 2.24) is 40.0 Å². The molecular formula is C17H24N8O. The Labute approximate surface area is 151 Å². The minimum Gasteiger partial charge on any atom is -0.328 e. The third-order valence-corrected chi connectivity index (χ3v) is 5.71. The van der Waals surface area contributed by atoms with Crippen molar-refractivity contribution < 1.29 is 4.79 Å². The topological polar surface area (TPSA) is 93.8 Å². The molecule has 1 aliphatic carbocycles. The van der Waals surface area contributed by atoms with Gasteiger partial charge in [-0.05, 0) is 38.5 Å². The van der Waals surface area contributed by atoms with Crippen molar-refractivity contribution in [2.24, 2.45) is 0 Å². The Kier molecular flexibility index (Phi) is 3.86. The molecule has 9 nitrogen and oxygen atoms in total. The number of nitrogens with one attached hydrogen (secondary N) is 1. The summed E-state index contributed by atoms with van der Waals surface area (Å²) in [4.78, 5) is 19.2. The average molecular weight is 356 g/mol. The van der Waals surface area contributed by atoms with Crippen LogP contribution in [0.3, 0.4) is 0 Å². The molecule has 2 amide bonds. The molecule has 1 saturated heterocycles. The van der Waals surface area contributed by atoms with Crippen molar-refractivity contribution in [2.45, 2.75) is 69.6 Å². The molecule has 2 aromatic heterocycles. The van der Waals surface area contributed by atoms with E-state index in [1.165, 1.54) is 12.8 Å². The highest BCUT2D eigenvalue weighted by molar-refractivity contribution is 5.75. The highest BCUT2D eigenvalue weighted by Crippen LogP contribution is 2.38. The van der Waals surface area contributed by atoms with Crippen LogP contribution in [0.4, 0.5) is 4.79 Å². The summed E-state index contributed by atoms with van der Waals surface area (Å²) in [5.74, 6) is 1.47. The van der Waals surface area contributed by atoms with E-state index in [0.29, 0.717) is 12.5 Å². The molecule has 0 aromatic carbocycles. The Hall–Kier alpha value is -2.45. The first-order valence-electron chi connectivity index (χ1n) is 9.63. The van der Waals surface area contributed by atoms with Crippen LogP contribution in [0, 0.1) is 0 Å². The van der Waals surface area contributed by atoms with E-state index in [4.69, 9.17) is 0 Å². The molecule has 2 aromatic rings. The van der Waals surface area contributed by atoms with Gasteiger partial charge in [0.1, 0.15) is 12.2 Å². The number of hydrogen-bond donors (Lipinski definition) is 1. The largest absolute Gasteiger partial charge is 0.328 e. The number of rotatable bonds is 4. The lowest BCUT2D eigenvalue weighted by Crippen LogP contribution is -2.46. The lowest BCUT2D eigenvalue weighted by atomic mass is 10.1. The minimum atomic E-state index is -0.0483. The van der Waals surface area contributed by atoms with Gasteiger partial charge in [-0.25, -0.2) is 14.5 Å². The molecule has 0 radical (unpaired) electrons. The molecule has 3 aliphatic rings. The smallest absolute Gasteiger partial charge is 0.318 e. The van der Waals surface area contributed by atoms with E-state index in [-0.39, 0.29) is 18.1 Å². The minimum absolute atomic E-state index is 0.00326. The summed E-state index contributed by atoms with van der Waals surface area (Å²) >= 11 is 0. The SMILES string of the molecule is O=C(NC1CCCn2ncnc21)N1CCC[C@H]1Cn1cc(C2CC2)nn1. The molecule has 0 spiro atoms. The summed E-state index contributed by atoms with van der Waals surface area (Å²) in [6.45, 7) is 2.39. The van der Waals surface area contributed by atoms with Crippen LogP contribution < -0.4 is 5.32 Å². The van der Waals surface area contributed by atoms with Crippen molar-refractivity contribution in [2.75, 3.05) is 6.54 Å². The first-order chi connectivity index (χ1) is 12.8. The Bertz CT molecular complexity index is 794. The molecule has 4 heterocycles. The molecule has 5 rings (SSSR count). The number of aromatic nitrogens is 6. The number of aryl methyl sites for hydroxylation is 1. The van der Waals surface area contributed by atoms with Gasteiger partial charge in [-0.3, -0.25) is 4.68 Å². The monoisotopic (exact) mass is 356 g/mol. The summed E-state index contributed by atoms with van der Waals surface area (Å²) in [6, 6.07) is 0.120. The first-order valence-corrected chi connectivity index (χ1v) is 9.63. The summed E-state index contributed by atoms with van der Waals surface area (Å²) in [7, 11) is 0. The number of amides is 2. The summed E-state index contributed by atoms with van der Waals surface area (Å²) < 4.78 is 3.80. The van der Waals surface area contributed by atoms with Crippen LogP contribution in [-0.4, -0.2) is 53.3 Å². The Morgan fingerprint density at radius 1 is 1.19 bits per heavy atom. The van der Waals surface area contributed by atoms with Crippen molar-refractivity contribution in [3.63, 3.8) is 0 Å². The van der Waals surface area contributed by atoms with Crippen LogP contribution in [0.5, 0.6) is 0 Å². The fourth-order valence-electron chi connectivity index (χ4n) is 4.14. The van der Waals surface area contributed by atoms with Gasteiger partial charge in [0.2, 0.25) is 0 Å². The van der Waals surface area contributed by atoms with Crippen molar-refractivity contribution in [3.8, 4) is 0 Å². The standard InChI is InChI=1S/C17H24N8O/c26-17(20-14-4-2-8-25-16(14)18-11-19-25)24-7-1-3-13(24)9-23-10-15(21-22-23)12-5-6-12/h10-14H,1-9H2,(H,20,26)/t13-,14?/m0/s1. The maximum atomic E-state index is 12.9.